The zero-order chi connectivity index (χ0) is 18.1. The number of aliphatic hydroxyl groups excluding tert-OH is 1. The number of rotatable bonds is 6. The van der Waals surface area contributed by atoms with E-state index in [1.54, 1.807) is 9.80 Å². The van der Waals surface area contributed by atoms with E-state index in [0.717, 1.165) is 12.8 Å². The molecule has 5 nitrogen and oxygen atoms in total. The van der Waals surface area contributed by atoms with Crippen molar-refractivity contribution in [2.45, 2.75) is 51.3 Å². The molecule has 2 unspecified atom stereocenters. The van der Waals surface area contributed by atoms with Crippen LogP contribution in [0.5, 0.6) is 0 Å². The molecule has 25 heavy (non-hydrogen) atoms. The van der Waals surface area contributed by atoms with Gasteiger partial charge in [-0.25, -0.2) is 4.39 Å². The average Bonchev–Trinajstić information content (AvgIpc) is 3.33. The molecule has 1 saturated heterocycles. The van der Waals surface area contributed by atoms with Crippen LogP contribution in [-0.2, 0) is 9.59 Å². The van der Waals surface area contributed by atoms with Crippen LogP contribution in [0.4, 0.5) is 4.39 Å². The lowest BCUT2D eigenvalue weighted by molar-refractivity contribution is -0.137. The quantitative estimate of drug-likeness (QED) is 0.856. The van der Waals surface area contributed by atoms with Gasteiger partial charge in [0, 0.05) is 25.0 Å². The molecule has 2 aliphatic rings. The molecule has 3 rings (SSSR count). The standard InChI is InChI=1S/C19H25FN2O3/c1-12(2)21-10-14(9-18(21)24)19(25)22(16-7-8-16)11-17(23)13-3-5-15(20)6-4-13/h3-6,12,14,16-17,23H,7-11H2,1-2H3. The van der Waals surface area contributed by atoms with E-state index >= 15 is 0 Å². The van der Waals surface area contributed by atoms with Gasteiger partial charge in [0.05, 0.1) is 18.6 Å². The van der Waals surface area contributed by atoms with Crippen molar-refractivity contribution < 1.29 is 19.1 Å². The molecule has 1 heterocycles. The van der Waals surface area contributed by atoms with Crippen LogP contribution in [0.1, 0.15) is 44.8 Å². The fourth-order valence-corrected chi connectivity index (χ4v) is 3.41. The van der Waals surface area contributed by atoms with E-state index in [4.69, 9.17) is 0 Å². The van der Waals surface area contributed by atoms with Gasteiger partial charge in [-0.05, 0) is 44.4 Å². The zero-order valence-corrected chi connectivity index (χ0v) is 14.7. The van der Waals surface area contributed by atoms with Crippen LogP contribution in [-0.4, -0.2) is 51.9 Å². The Bertz CT molecular complexity index is 643. The molecule has 0 aromatic heterocycles. The molecule has 1 aromatic carbocycles. The van der Waals surface area contributed by atoms with Gasteiger partial charge in [-0.15, -0.1) is 0 Å². The predicted octanol–water partition coefficient (Wildman–Crippen LogP) is 2.11. The minimum Gasteiger partial charge on any atom is -0.387 e. The summed E-state index contributed by atoms with van der Waals surface area (Å²) in [6.45, 7) is 4.52. The minimum absolute atomic E-state index is 0.0168. The highest BCUT2D eigenvalue weighted by atomic mass is 19.1. The van der Waals surface area contributed by atoms with Gasteiger partial charge in [-0.3, -0.25) is 9.59 Å². The summed E-state index contributed by atoms with van der Waals surface area (Å²) in [5.74, 6) is -0.733. The van der Waals surface area contributed by atoms with Gasteiger partial charge < -0.3 is 14.9 Å². The van der Waals surface area contributed by atoms with Gasteiger partial charge in [0.2, 0.25) is 11.8 Å². The third-order valence-corrected chi connectivity index (χ3v) is 5.03. The SMILES string of the molecule is CC(C)N1CC(C(=O)N(CC(O)c2ccc(F)cc2)C2CC2)CC1=O. The number of carbonyl (C=O) groups excluding carboxylic acids is 2. The van der Waals surface area contributed by atoms with Crippen molar-refractivity contribution in [1.29, 1.82) is 0 Å². The van der Waals surface area contributed by atoms with E-state index in [1.807, 2.05) is 13.8 Å². The zero-order valence-electron chi connectivity index (χ0n) is 14.7. The molecule has 136 valence electrons. The first-order chi connectivity index (χ1) is 11.9. The number of amides is 2. The number of benzene rings is 1. The van der Waals surface area contributed by atoms with Crippen LogP contribution >= 0.6 is 0 Å². The smallest absolute Gasteiger partial charge is 0.228 e. The first-order valence-corrected chi connectivity index (χ1v) is 8.90. The molecule has 2 fully saturated rings. The Morgan fingerprint density at radius 2 is 1.96 bits per heavy atom. The number of carbonyl (C=O) groups is 2. The van der Waals surface area contributed by atoms with Gasteiger partial charge in [0.25, 0.3) is 0 Å². The number of nitrogens with zero attached hydrogens (tertiary/aromatic N) is 2. The van der Waals surface area contributed by atoms with Crippen molar-refractivity contribution >= 4 is 11.8 Å². The molecule has 1 saturated carbocycles. The molecular weight excluding hydrogens is 323 g/mol. The summed E-state index contributed by atoms with van der Waals surface area (Å²) in [6, 6.07) is 5.91. The first-order valence-electron chi connectivity index (χ1n) is 8.90. The van der Waals surface area contributed by atoms with E-state index in [0.29, 0.717) is 12.1 Å². The van der Waals surface area contributed by atoms with E-state index in [9.17, 15) is 19.1 Å². The highest BCUT2D eigenvalue weighted by Crippen LogP contribution is 2.32. The molecule has 0 radical (unpaired) electrons. The topological polar surface area (TPSA) is 60.9 Å². The van der Waals surface area contributed by atoms with Crippen molar-refractivity contribution in [3.8, 4) is 0 Å². The summed E-state index contributed by atoms with van der Waals surface area (Å²) in [6.07, 6.45) is 1.24. The molecule has 6 heteroatoms. The summed E-state index contributed by atoms with van der Waals surface area (Å²) < 4.78 is 13.0. The Hall–Kier alpha value is -1.95. The van der Waals surface area contributed by atoms with Crippen LogP contribution in [0, 0.1) is 11.7 Å². The highest BCUT2D eigenvalue weighted by Gasteiger charge is 2.42. The Kier molecular flexibility index (Phi) is 5.08. The van der Waals surface area contributed by atoms with Gasteiger partial charge in [-0.2, -0.15) is 0 Å². The van der Waals surface area contributed by atoms with Crippen molar-refractivity contribution in [1.82, 2.24) is 9.80 Å². The summed E-state index contributed by atoms with van der Waals surface area (Å²) in [4.78, 5) is 28.5. The Morgan fingerprint density at radius 1 is 1.32 bits per heavy atom. The molecule has 0 spiro atoms. The fraction of sp³-hybridized carbons (Fsp3) is 0.579. The summed E-state index contributed by atoms with van der Waals surface area (Å²) in [7, 11) is 0. The number of hydrogen-bond acceptors (Lipinski definition) is 3. The summed E-state index contributed by atoms with van der Waals surface area (Å²) in [5, 5.41) is 10.4. The van der Waals surface area contributed by atoms with Crippen molar-refractivity contribution in [2.24, 2.45) is 5.92 Å². The maximum absolute atomic E-state index is 13.0. The summed E-state index contributed by atoms with van der Waals surface area (Å²) >= 11 is 0. The van der Waals surface area contributed by atoms with Gasteiger partial charge >= 0.3 is 0 Å². The molecular formula is C19H25FN2O3. The minimum atomic E-state index is -0.858. The lowest BCUT2D eigenvalue weighted by Gasteiger charge is -2.28. The number of aliphatic hydroxyl groups is 1. The molecule has 1 aromatic rings. The third-order valence-electron chi connectivity index (χ3n) is 5.03. The van der Waals surface area contributed by atoms with E-state index < -0.39 is 6.10 Å². The fourth-order valence-electron chi connectivity index (χ4n) is 3.41. The van der Waals surface area contributed by atoms with E-state index in [-0.39, 0.29) is 48.6 Å². The van der Waals surface area contributed by atoms with Crippen LogP contribution in [0.3, 0.4) is 0 Å². The average molecular weight is 348 g/mol. The second-order valence-electron chi connectivity index (χ2n) is 7.33. The van der Waals surface area contributed by atoms with Gasteiger partial charge in [-0.1, -0.05) is 12.1 Å². The first kappa shape index (κ1) is 17.9. The Labute approximate surface area is 147 Å². The third kappa shape index (κ3) is 4.00. The second-order valence-corrected chi connectivity index (χ2v) is 7.33. The lowest BCUT2D eigenvalue weighted by atomic mass is 10.0. The normalized spacial score (nSPS) is 21.7. The number of halogens is 1. The molecule has 2 amide bonds. The van der Waals surface area contributed by atoms with Gasteiger partial charge in [0.15, 0.2) is 0 Å². The monoisotopic (exact) mass is 348 g/mol. The summed E-state index contributed by atoms with van der Waals surface area (Å²) in [5.41, 5.74) is 0.589. The molecule has 0 bridgehead atoms. The second kappa shape index (κ2) is 7.12. The van der Waals surface area contributed by atoms with E-state index in [1.165, 1.54) is 24.3 Å². The largest absolute Gasteiger partial charge is 0.387 e. The lowest BCUT2D eigenvalue weighted by Crippen LogP contribution is -2.41. The van der Waals surface area contributed by atoms with Gasteiger partial charge in [0.1, 0.15) is 5.82 Å². The Balaban J connectivity index is 1.68. The van der Waals surface area contributed by atoms with Crippen LogP contribution in [0.25, 0.3) is 0 Å². The van der Waals surface area contributed by atoms with E-state index in [2.05, 4.69) is 0 Å². The number of hydrogen-bond donors (Lipinski definition) is 1. The number of likely N-dealkylation sites (tertiary alicyclic amines) is 1. The Morgan fingerprint density at radius 3 is 2.48 bits per heavy atom. The van der Waals surface area contributed by atoms with Crippen LogP contribution < -0.4 is 0 Å². The maximum atomic E-state index is 13.0. The molecule has 1 aliphatic heterocycles. The maximum Gasteiger partial charge on any atom is 0.228 e. The van der Waals surface area contributed by atoms with Crippen molar-refractivity contribution in [3.05, 3.63) is 35.6 Å². The highest BCUT2D eigenvalue weighted by molar-refractivity contribution is 5.89. The molecule has 1 aliphatic carbocycles. The molecule has 1 N–H and O–H groups in total. The predicted molar refractivity (Wildman–Crippen MR) is 91.1 cm³/mol. The molecule has 2 atom stereocenters. The van der Waals surface area contributed by atoms with Crippen molar-refractivity contribution in [2.75, 3.05) is 13.1 Å². The van der Waals surface area contributed by atoms with Crippen LogP contribution in [0.2, 0.25) is 0 Å². The van der Waals surface area contributed by atoms with Crippen molar-refractivity contribution in [3.63, 3.8) is 0 Å². The van der Waals surface area contributed by atoms with Crippen LogP contribution in [0.15, 0.2) is 24.3 Å².